The van der Waals surface area contributed by atoms with E-state index in [1.165, 1.54) is 46.0 Å². The van der Waals surface area contributed by atoms with E-state index in [9.17, 15) is 14.4 Å². The molecule has 0 heterocycles. The lowest BCUT2D eigenvalue weighted by atomic mass is 9.89. The van der Waals surface area contributed by atoms with E-state index in [2.05, 4.69) is 47.8 Å². The first-order valence-corrected chi connectivity index (χ1v) is 12.7. The van der Waals surface area contributed by atoms with Crippen molar-refractivity contribution < 1.29 is 14.4 Å². The van der Waals surface area contributed by atoms with E-state index in [1.54, 1.807) is 0 Å². The average molecular weight is 563 g/mol. The quantitative estimate of drug-likeness (QED) is 0.409. The Balaban J connectivity index is 2.08. The first-order valence-electron chi connectivity index (χ1n) is 10.2. The average Bonchev–Trinajstić information content (AvgIpc) is 2.68. The van der Waals surface area contributed by atoms with Gasteiger partial charge in [0.15, 0.2) is 5.12 Å². The molecule has 1 aliphatic carbocycles. The van der Waals surface area contributed by atoms with Crippen LogP contribution in [0.1, 0.15) is 51.5 Å². The molecule has 166 valence electrons. The van der Waals surface area contributed by atoms with E-state index < -0.39 is 6.04 Å². The molecule has 2 amide bonds. The molecule has 0 unspecified atom stereocenters. The summed E-state index contributed by atoms with van der Waals surface area (Å²) in [5, 5.41) is 8.99. The highest BCUT2D eigenvalue weighted by atomic mass is 79.9. The van der Waals surface area contributed by atoms with Crippen molar-refractivity contribution in [3.05, 3.63) is 26.6 Å². The maximum absolute atomic E-state index is 12.9. The van der Waals surface area contributed by atoms with Crippen LogP contribution in [0.5, 0.6) is 0 Å². The molecule has 1 saturated carbocycles. The number of anilines is 1. The molecule has 1 fully saturated rings. The summed E-state index contributed by atoms with van der Waals surface area (Å²) in [4.78, 5) is 35.7. The van der Waals surface area contributed by atoms with Crippen LogP contribution in [-0.4, -0.2) is 35.3 Å². The Morgan fingerprint density at radius 1 is 1.13 bits per heavy atom. The summed E-state index contributed by atoms with van der Waals surface area (Å²) in [7, 11) is 0. The molecule has 0 spiro atoms. The second-order valence-corrected chi connectivity index (χ2v) is 10.6. The largest absolute Gasteiger partial charge is 0.344 e. The third-order valence-electron chi connectivity index (χ3n) is 5.01. The number of amides is 2. The molecule has 0 saturated heterocycles. The molecule has 0 radical (unpaired) electrons. The lowest BCUT2D eigenvalue weighted by Gasteiger charge is -2.23. The normalized spacial score (nSPS) is 15.5. The van der Waals surface area contributed by atoms with Crippen molar-refractivity contribution >= 4 is 66.2 Å². The van der Waals surface area contributed by atoms with Crippen LogP contribution in [0.25, 0.3) is 0 Å². The zero-order chi connectivity index (χ0) is 22.1. The molecular formula is C21H29Br2N3O3S. The van der Waals surface area contributed by atoms with Crippen molar-refractivity contribution in [1.82, 2.24) is 10.6 Å². The Morgan fingerprint density at radius 3 is 2.47 bits per heavy atom. The number of hydrogen-bond acceptors (Lipinski definition) is 5. The monoisotopic (exact) mass is 561 g/mol. The number of rotatable bonds is 9. The van der Waals surface area contributed by atoms with Crippen LogP contribution < -0.4 is 16.0 Å². The Hall–Kier alpha value is -0.900. The molecule has 0 bridgehead atoms. The van der Waals surface area contributed by atoms with Crippen molar-refractivity contribution in [3.63, 3.8) is 0 Å². The van der Waals surface area contributed by atoms with Crippen molar-refractivity contribution in [2.24, 2.45) is 5.92 Å². The highest BCUT2D eigenvalue weighted by Gasteiger charge is 2.23. The van der Waals surface area contributed by atoms with Crippen LogP contribution in [0, 0.1) is 5.92 Å². The minimum absolute atomic E-state index is 0.101. The van der Waals surface area contributed by atoms with Gasteiger partial charge in [-0.3, -0.25) is 14.4 Å². The number of hydrogen-bond donors (Lipinski definition) is 3. The maximum atomic E-state index is 12.9. The Kier molecular flexibility index (Phi) is 10.8. The van der Waals surface area contributed by atoms with Gasteiger partial charge in [0.05, 0.1) is 5.69 Å². The van der Waals surface area contributed by atoms with E-state index >= 15 is 0 Å². The fraction of sp³-hybridized carbons (Fsp3) is 0.571. The SMILES string of the molecule is CC(=O)N[C@@H](CSC(C)=O)C(=O)Nc1c(Br)cc(Br)cc1CNCC1CCCCC1. The van der Waals surface area contributed by atoms with E-state index in [0.29, 0.717) is 18.2 Å². The number of halogens is 2. The summed E-state index contributed by atoms with van der Waals surface area (Å²) in [6, 6.07) is 3.05. The molecule has 9 heteroatoms. The Bertz CT molecular complexity index is 770. The molecule has 1 aromatic carbocycles. The van der Waals surface area contributed by atoms with Gasteiger partial charge in [-0.1, -0.05) is 47.0 Å². The number of carbonyl (C=O) groups excluding carboxylic acids is 3. The zero-order valence-corrected chi connectivity index (χ0v) is 21.3. The van der Waals surface area contributed by atoms with Crippen molar-refractivity contribution in [3.8, 4) is 0 Å². The third-order valence-corrected chi connectivity index (χ3v) is 7.00. The fourth-order valence-electron chi connectivity index (χ4n) is 3.55. The Labute approximate surface area is 199 Å². The molecule has 1 atom stereocenters. The van der Waals surface area contributed by atoms with E-state index in [1.807, 2.05) is 12.1 Å². The summed E-state index contributed by atoms with van der Waals surface area (Å²) in [5.41, 5.74) is 1.61. The molecule has 2 rings (SSSR count). The second kappa shape index (κ2) is 12.8. The molecular weight excluding hydrogens is 534 g/mol. The molecule has 6 nitrogen and oxygen atoms in total. The van der Waals surface area contributed by atoms with Gasteiger partial charge in [0.25, 0.3) is 0 Å². The van der Waals surface area contributed by atoms with Gasteiger partial charge in [-0.05, 0) is 58.9 Å². The number of thioether (sulfide) groups is 1. The van der Waals surface area contributed by atoms with Crippen LogP contribution >= 0.6 is 43.6 Å². The van der Waals surface area contributed by atoms with Gasteiger partial charge in [-0.15, -0.1) is 0 Å². The standard InChI is InChI=1S/C21H29Br2N3O3S/c1-13(27)25-19(12-30-14(2)28)21(29)26-20-16(8-17(22)9-18(20)23)11-24-10-15-6-4-3-5-7-15/h8-9,15,19,24H,3-7,10-12H2,1-2H3,(H,25,27)(H,26,29)/t19-/m0/s1. The lowest BCUT2D eigenvalue weighted by Crippen LogP contribution is -2.45. The molecule has 0 aliphatic heterocycles. The van der Waals surface area contributed by atoms with Gasteiger partial charge >= 0.3 is 0 Å². The smallest absolute Gasteiger partial charge is 0.247 e. The van der Waals surface area contributed by atoms with Crippen LogP contribution in [-0.2, 0) is 20.9 Å². The van der Waals surface area contributed by atoms with Crippen LogP contribution in [0.4, 0.5) is 5.69 Å². The highest BCUT2D eigenvalue weighted by Crippen LogP contribution is 2.31. The second-order valence-electron chi connectivity index (χ2n) is 7.60. The molecule has 30 heavy (non-hydrogen) atoms. The molecule has 3 N–H and O–H groups in total. The van der Waals surface area contributed by atoms with Gasteiger partial charge in [-0.2, -0.15) is 0 Å². The zero-order valence-electron chi connectivity index (χ0n) is 17.4. The minimum atomic E-state index is -0.796. The van der Waals surface area contributed by atoms with E-state index in [-0.39, 0.29) is 22.7 Å². The molecule has 1 aromatic rings. The molecule has 0 aromatic heterocycles. The van der Waals surface area contributed by atoms with Gasteiger partial charge < -0.3 is 16.0 Å². The summed E-state index contributed by atoms with van der Waals surface area (Å²) in [6.45, 7) is 4.38. The highest BCUT2D eigenvalue weighted by molar-refractivity contribution is 9.11. The van der Waals surface area contributed by atoms with Crippen molar-refractivity contribution in [1.29, 1.82) is 0 Å². The first kappa shape index (κ1) is 25.4. The van der Waals surface area contributed by atoms with Crippen molar-refractivity contribution in [2.75, 3.05) is 17.6 Å². The van der Waals surface area contributed by atoms with Gasteiger partial charge in [0, 0.05) is 35.1 Å². The number of carbonyl (C=O) groups is 3. The maximum Gasteiger partial charge on any atom is 0.247 e. The number of nitrogens with one attached hydrogen (secondary N) is 3. The topological polar surface area (TPSA) is 87.3 Å². The summed E-state index contributed by atoms with van der Waals surface area (Å²) in [5.74, 6) is 0.226. The third kappa shape index (κ3) is 8.69. The summed E-state index contributed by atoms with van der Waals surface area (Å²) >= 11 is 8.07. The summed E-state index contributed by atoms with van der Waals surface area (Å²) in [6.07, 6.45) is 6.48. The van der Waals surface area contributed by atoms with Gasteiger partial charge in [-0.25, -0.2) is 0 Å². The van der Waals surface area contributed by atoms with Gasteiger partial charge in [0.1, 0.15) is 6.04 Å². The predicted octanol–water partition coefficient (Wildman–Crippen LogP) is 4.60. The molecule has 1 aliphatic rings. The van der Waals surface area contributed by atoms with Crippen LogP contribution in [0.3, 0.4) is 0 Å². The first-order chi connectivity index (χ1) is 14.3. The van der Waals surface area contributed by atoms with Crippen LogP contribution in [0.15, 0.2) is 21.1 Å². The van der Waals surface area contributed by atoms with Crippen LogP contribution in [0.2, 0.25) is 0 Å². The minimum Gasteiger partial charge on any atom is -0.344 e. The van der Waals surface area contributed by atoms with Gasteiger partial charge in [0.2, 0.25) is 11.8 Å². The number of benzene rings is 1. The van der Waals surface area contributed by atoms with Crippen molar-refractivity contribution in [2.45, 2.75) is 58.5 Å². The fourth-order valence-corrected chi connectivity index (χ4v) is 5.60. The van der Waals surface area contributed by atoms with E-state index in [4.69, 9.17) is 0 Å². The summed E-state index contributed by atoms with van der Waals surface area (Å²) < 4.78 is 1.66. The Morgan fingerprint density at radius 2 is 1.83 bits per heavy atom. The van der Waals surface area contributed by atoms with E-state index in [0.717, 1.165) is 32.8 Å². The lowest BCUT2D eigenvalue weighted by molar-refractivity contribution is -0.124. The predicted molar refractivity (Wildman–Crippen MR) is 129 cm³/mol.